The molecule has 1 aromatic heterocycles. The number of nitrogens with zero attached hydrogens (tertiary/aromatic N) is 4. The Labute approximate surface area is 177 Å². The van der Waals surface area contributed by atoms with Gasteiger partial charge in [-0.05, 0) is 35.4 Å². The van der Waals surface area contributed by atoms with Crippen LogP contribution < -0.4 is 5.32 Å². The molecule has 0 saturated heterocycles. The van der Waals surface area contributed by atoms with Gasteiger partial charge in [0.25, 0.3) is 0 Å². The van der Waals surface area contributed by atoms with Crippen LogP contribution in [0.2, 0.25) is 0 Å². The SMILES string of the molecule is CN(CC(=O)NCc1ccccc1Cn1cncn1)S(=O)(=O)c1ccc(Br)cc1. The van der Waals surface area contributed by atoms with Crippen molar-refractivity contribution < 1.29 is 13.2 Å². The number of hydrogen-bond donors (Lipinski definition) is 1. The topological polar surface area (TPSA) is 97.2 Å². The molecule has 0 aliphatic rings. The number of carbonyl (C=O) groups is 1. The van der Waals surface area contributed by atoms with E-state index in [2.05, 4.69) is 31.3 Å². The monoisotopic (exact) mass is 477 g/mol. The third-order valence-electron chi connectivity index (χ3n) is 4.28. The molecular weight excluding hydrogens is 458 g/mol. The summed E-state index contributed by atoms with van der Waals surface area (Å²) in [6.45, 7) is 0.545. The second-order valence-electron chi connectivity index (χ2n) is 6.35. The highest BCUT2D eigenvalue weighted by molar-refractivity contribution is 9.10. The summed E-state index contributed by atoms with van der Waals surface area (Å²) in [4.78, 5) is 16.4. The first-order chi connectivity index (χ1) is 13.9. The van der Waals surface area contributed by atoms with Crippen LogP contribution in [0, 0.1) is 0 Å². The van der Waals surface area contributed by atoms with Crippen molar-refractivity contribution in [2.45, 2.75) is 18.0 Å². The molecule has 3 rings (SSSR count). The fourth-order valence-electron chi connectivity index (χ4n) is 2.70. The van der Waals surface area contributed by atoms with E-state index in [0.29, 0.717) is 6.54 Å². The van der Waals surface area contributed by atoms with Gasteiger partial charge in [0.2, 0.25) is 15.9 Å². The van der Waals surface area contributed by atoms with Gasteiger partial charge >= 0.3 is 0 Å². The summed E-state index contributed by atoms with van der Waals surface area (Å²) in [7, 11) is -2.36. The Morgan fingerprint density at radius 1 is 1.14 bits per heavy atom. The van der Waals surface area contributed by atoms with E-state index >= 15 is 0 Å². The summed E-state index contributed by atoms with van der Waals surface area (Å²) in [6.07, 6.45) is 3.09. The van der Waals surface area contributed by atoms with E-state index in [0.717, 1.165) is 19.9 Å². The maximum absolute atomic E-state index is 12.6. The van der Waals surface area contributed by atoms with Gasteiger partial charge in [-0.1, -0.05) is 40.2 Å². The summed E-state index contributed by atoms with van der Waals surface area (Å²) < 4.78 is 28.7. The van der Waals surface area contributed by atoms with E-state index in [4.69, 9.17) is 0 Å². The molecule has 2 aromatic carbocycles. The lowest BCUT2D eigenvalue weighted by molar-refractivity contribution is -0.121. The smallest absolute Gasteiger partial charge is 0.243 e. The van der Waals surface area contributed by atoms with Gasteiger partial charge in [0.1, 0.15) is 12.7 Å². The lowest BCUT2D eigenvalue weighted by atomic mass is 10.1. The molecule has 0 fully saturated rings. The maximum atomic E-state index is 12.6. The average Bonchev–Trinajstić information content (AvgIpc) is 3.20. The number of aromatic nitrogens is 3. The van der Waals surface area contributed by atoms with Crippen molar-refractivity contribution >= 4 is 31.9 Å². The first kappa shape index (κ1) is 21.2. The number of nitrogens with one attached hydrogen (secondary N) is 1. The summed E-state index contributed by atoms with van der Waals surface area (Å²) in [6, 6.07) is 13.9. The largest absolute Gasteiger partial charge is 0.351 e. The minimum absolute atomic E-state index is 0.133. The van der Waals surface area contributed by atoms with Crippen LogP contribution in [0.1, 0.15) is 11.1 Å². The van der Waals surface area contributed by atoms with E-state index < -0.39 is 10.0 Å². The molecule has 152 valence electrons. The highest BCUT2D eigenvalue weighted by atomic mass is 79.9. The summed E-state index contributed by atoms with van der Waals surface area (Å²) in [5, 5.41) is 6.88. The van der Waals surface area contributed by atoms with Gasteiger partial charge in [-0.3, -0.25) is 4.79 Å². The van der Waals surface area contributed by atoms with Crippen molar-refractivity contribution in [3.05, 3.63) is 76.8 Å². The van der Waals surface area contributed by atoms with Crippen molar-refractivity contribution in [1.82, 2.24) is 24.4 Å². The predicted octanol–water partition coefficient (Wildman–Crippen LogP) is 2.03. The second-order valence-corrected chi connectivity index (χ2v) is 9.31. The number of hydrogen-bond acceptors (Lipinski definition) is 5. The Balaban J connectivity index is 1.61. The van der Waals surface area contributed by atoms with E-state index in [-0.39, 0.29) is 23.9 Å². The molecule has 0 spiro atoms. The first-order valence-electron chi connectivity index (χ1n) is 8.74. The minimum atomic E-state index is -3.74. The number of halogens is 1. The van der Waals surface area contributed by atoms with Gasteiger partial charge in [0, 0.05) is 18.1 Å². The fourth-order valence-corrected chi connectivity index (χ4v) is 4.09. The highest BCUT2D eigenvalue weighted by Crippen LogP contribution is 2.17. The number of sulfonamides is 1. The molecular formula is C19H20BrN5O3S. The van der Waals surface area contributed by atoms with E-state index in [1.54, 1.807) is 23.1 Å². The van der Waals surface area contributed by atoms with Gasteiger partial charge in [0.15, 0.2) is 0 Å². The van der Waals surface area contributed by atoms with Crippen LogP contribution in [0.3, 0.4) is 0 Å². The highest BCUT2D eigenvalue weighted by Gasteiger charge is 2.22. The zero-order valence-corrected chi connectivity index (χ0v) is 18.1. The van der Waals surface area contributed by atoms with Crippen LogP contribution >= 0.6 is 15.9 Å². The number of carbonyl (C=O) groups excluding carboxylic acids is 1. The molecule has 1 N–H and O–H groups in total. The molecule has 0 atom stereocenters. The Hall–Kier alpha value is -2.56. The van der Waals surface area contributed by atoms with E-state index in [9.17, 15) is 13.2 Å². The molecule has 0 saturated carbocycles. The summed E-state index contributed by atoms with van der Waals surface area (Å²) in [5.41, 5.74) is 1.92. The summed E-state index contributed by atoms with van der Waals surface area (Å²) >= 11 is 3.28. The molecule has 0 bridgehead atoms. The van der Waals surface area contributed by atoms with Crippen LogP contribution in [-0.2, 0) is 27.9 Å². The van der Waals surface area contributed by atoms with Crippen LogP contribution in [0.15, 0.2) is 70.6 Å². The van der Waals surface area contributed by atoms with Crippen LogP contribution in [0.5, 0.6) is 0 Å². The first-order valence-corrected chi connectivity index (χ1v) is 11.0. The number of likely N-dealkylation sites (N-methyl/N-ethyl adjacent to an activating group) is 1. The summed E-state index contributed by atoms with van der Waals surface area (Å²) in [5.74, 6) is -0.385. The lowest BCUT2D eigenvalue weighted by Gasteiger charge is -2.17. The fraction of sp³-hybridized carbons (Fsp3) is 0.211. The van der Waals surface area contributed by atoms with Crippen LogP contribution in [-0.4, -0.2) is 47.0 Å². The van der Waals surface area contributed by atoms with Gasteiger partial charge in [-0.2, -0.15) is 9.40 Å². The Kier molecular flexibility index (Phi) is 6.78. The third kappa shape index (κ3) is 5.49. The molecule has 0 aliphatic heterocycles. The van der Waals surface area contributed by atoms with E-state index in [1.165, 1.54) is 25.5 Å². The van der Waals surface area contributed by atoms with Gasteiger partial charge < -0.3 is 5.32 Å². The quantitative estimate of drug-likeness (QED) is 0.535. The van der Waals surface area contributed by atoms with Crippen molar-refractivity contribution in [3.63, 3.8) is 0 Å². The Bertz CT molecular complexity index is 1070. The van der Waals surface area contributed by atoms with Gasteiger partial charge in [0.05, 0.1) is 18.0 Å². The van der Waals surface area contributed by atoms with Crippen molar-refractivity contribution in [1.29, 1.82) is 0 Å². The minimum Gasteiger partial charge on any atom is -0.351 e. The normalized spacial score (nSPS) is 11.6. The number of amides is 1. The molecule has 1 heterocycles. The number of rotatable bonds is 8. The number of benzene rings is 2. The Morgan fingerprint density at radius 2 is 1.83 bits per heavy atom. The molecule has 1 amide bonds. The second kappa shape index (κ2) is 9.29. The van der Waals surface area contributed by atoms with Gasteiger partial charge in [-0.15, -0.1) is 0 Å². The van der Waals surface area contributed by atoms with Crippen LogP contribution in [0.25, 0.3) is 0 Å². The molecule has 29 heavy (non-hydrogen) atoms. The molecule has 8 nitrogen and oxygen atoms in total. The van der Waals surface area contributed by atoms with Crippen molar-refractivity contribution in [3.8, 4) is 0 Å². The molecule has 10 heteroatoms. The van der Waals surface area contributed by atoms with Crippen LogP contribution in [0.4, 0.5) is 0 Å². The van der Waals surface area contributed by atoms with E-state index in [1.807, 2.05) is 24.3 Å². The molecule has 3 aromatic rings. The standard InChI is InChI=1S/C19H20BrN5O3S/c1-24(29(27,28)18-8-6-17(20)7-9-18)12-19(26)22-10-15-4-2-3-5-16(15)11-25-14-21-13-23-25/h2-9,13-14H,10-12H2,1H3,(H,22,26). The van der Waals surface area contributed by atoms with Crippen molar-refractivity contribution in [2.24, 2.45) is 0 Å². The maximum Gasteiger partial charge on any atom is 0.243 e. The molecule has 0 aliphatic carbocycles. The predicted molar refractivity (Wildman–Crippen MR) is 111 cm³/mol. The Morgan fingerprint density at radius 3 is 2.48 bits per heavy atom. The zero-order chi connectivity index (χ0) is 20.9. The lowest BCUT2D eigenvalue weighted by Crippen LogP contribution is -2.38. The van der Waals surface area contributed by atoms with Gasteiger partial charge in [-0.25, -0.2) is 18.1 Å². The zero-order valence-electron chi connectivity index (χ0n) is 15.7. The van der Waals surface area contributed by atoms with Crippen molar-refractivity contribution in [2.75, 3.05) is 13.6 Å². The third-order valence-corrected chi connectivity index (χ3v) is 6.63. The average molecular weight is 478 g/mol. The molecule has 0 unspecified atom stereocenters. The molecule has 0 radical (unpaired) electrons.